The van der Waals surface area contributed by atoms with Crippen LogP contribution in [0.5, 0.6) is 0 Å². The van der Waals surface area contributed by atoms with E-state index in [0.717, 1.165) is 43.2 Å². The average Bonchev–Trinajstić information content (AvgIpc) is 3.09. The lowest BCUT2D eigenvalue weighted by Crippen LogP contribution is -2.63. The molecule has 2 aromatic carbocycles. The van der Waals surface area contributed by atoms with Gasteiger partial charge in [-0.15, -0.1) is 17.3 Å². The molecule has 5 heteroatoms. The van der Waals surface area contributed by atoms with Crippen LogP contribution in [0, 0.1) is 11.8 Å². The molecule has 5 rings (SSSR count). The molecule has 3 nitrogen and oxygen atoms in total. The van der Waals surface area contributed by atoms with E-state index in [1.165, 1.54) is 20.2 Å². The summed E-state index contributed by atoms with van der Waals surface area (Å²) in [5, 5.41) is 6.05. The monoisotopic (exact) mass is 437 g/mol. The lowest BCUT2D eigenvalue weighted by Gasteiger charge is -2.47. The molecule has 1 unspecified atom stereocenters. The summed E-state index contributed by atoms with van der Waals surface area (Å²) < 4.78 is 28.8. The molecule has 2 aliphatic rings. The van der Waals surface area contributed by atoms with Gasteiger partial charge in [-0.05, 0) is 62.6 Å². The maximum absolute atomic E-state index is 13.4. The Kier molecular flexibility index (Phi) is 4.74. The Morgan fingerprint density at radius 3 is 2.40 bits per heavy atom. The molecular weight excluding hydrogens is 410 g/mol. The number of hydrogen-bond acceptors (Lipinski definition) is 4. The van der Waals surface area contributed by atoms with E-state index in [1.807, 2.05) is 13.8 Å². The highest BCUT2D eigenvalue weighted by Crippen LogP contribution is 2.43. The highest BCUT2D eigenvalue weighted by Gasteiger charge is 2.52. The Morgan fingerprint density at radius 2 is 1.70 bits per heavy atom. The highest BCUT2D eigenvalue weighted by atomic mass is 32.2. The average molecular weight is 438 g/mol. The first-order valence-corrected chi connectivity index (χ1v) is 13.2. The summed E-state index contributed by atoms with van der Waals surface area (Å²) in [6, 6.07) is 12.8. The zero-order valence-corrected chi connectivity index (χ0v) is 19.2. The van der Waals surface area contributed by atoms with Crippen molar-refractivity contribution in [3.63, 3.8) is 0 Å². The van der Waals surface area contributed by atoms with Gasteiger partial charge in [0.15, 0.2) is 9.84 Å². The van der Waals surface area contributed by atoms with Gasteiger partial charge in [-0.25, -0.2) is 8.42 Å². The Labute approximate surface area is 182 Å². The second-order valence-electron chi connectivity index (χ2n) is 9.09. The van der Waals surface area contributed by atoms with Crippen LogP contribution in [0.3, 0.4) is 0 Å². The molecule has 1 spiro atoms. The van der Waals surface area contributed by atoms with Gasteiger partial charge < -0.3 is 5.32 Å². The molecule has 2 fully saturated rings. The molecule has 156 valence electrons. The Balaban J connectivity index is 1.57. The van der Waals surface area contributed by atoms with Crippen molar-refractivity contribution in [1.29, 1.82) is 0 Å². The lowest BCUT2D eigenvalue weighted by atomic mass is 9.85. The molecule has 1 saturated carbocycles. The number of nitrogens with one attached hydrogen (secondary N) is 1. The molecular formula is C25H27NO2S2. The number of hydrogen-bond donors (Lipinski definition) is 1. The highest BCUT2D eigenvalue weighted by molar-refractivity contribution is 7.93. The summed E-state index contributed by atoms with van der Waals surface area (Å²) in [4.78, 5) is 0. The maximum atomic E-state index is 13.4. The van der Waals surface area contributed by atoms with Crippen LogP contribution in [0.1, 0.15) is 57.1 Å². The Morgan fingerprint density at radius 1 is 1.00 bits per heavy atom. The number of rotatable bonds is 1. The van der Waals surface area contributed by atoms with E-state index in [2.05, 4.69) is 53.6 Å². The van der Waals surface area contributed by atoms with Crippen LogP contribution in [0.4, 0.5) is 0 Å². The van der Waals surface area contributed by atoms with Crippen LogP contribution >= 0.6 is 11.3 Å². The van der Waals surface area contributed by atoms with Crippen molar-refractivity contribution in [2.45, 2.75) is 56.2 Å². The van der Waals surface area contributed by atoms with Crippen LogP contribution in [-0.2, 0) is 15.4 Å². The molecule has 1 saturated heterocycles. The molecule has 2 heterocycles. The van der Waals surface area contributed by atoms with Crippen molar-refractivity contribution in [1.82, 2.24) is 5.32 Å². The van der Waals surface area contributed by atoms with Gasteiger partial charge in [0.2, 0.25) is 0 Å². The normalized spacial score (nSPS) is 25.3. The van der Waals surface area contributed by atoms with E-state index in [4.69, 9.17) is 0 Å². The van der Waals surface area contributed by atoms with Crippen LogP contribution in [0.25, 0.3) is 20.2 Å². The SMILES string of the molecule is CC#Cc1ccc2sc3ccc(C4(C)CS(=O)(=O)C5(CCCCC5)CN4)cc3c2c1. The fourth-order valence-corrected chi connectivity index (χ4v) is 8.87. The second kappa shape index (κ2) is 7.09. The van der Waals surface area contributed by atoms with E-state index in [9.17, 15) is 8.42 Å². The number of thiophene rings is 1. The first-order chi connectivity index (χ1) is 14.4. The van der Waals surface area contributed by atoms with Crippen molar-refractivity contribution >= 4 is 41.3 Å². The van der Waals surface area contributed by atoms with Gasteiger partial charge in [0.05, 0.1) is 16.0 Å². The van der Waals surface area contributed by atoms with Gasteiger partial charge in [-0.2, -0.15) is 0 Å². The molecule has 1 atom stereocenters. The Bertz CT molecular complexity index is 1300. The van der Waals surface area contributed by atoms with Gasteiger partial charge >= 0.3 is 0 Å². The van der Waals surface area contributed by atoms with Crippen molar-refractivity contribution < 1.29 is 8.42 Å². The predicted octanol–water partition coefficient (Wildman–Crippen LogP) is 5.36. The van der Waals surface area contributed by atoms with E-state index < -0.39 is 20.1 Å². The van der Waals surface area contributed by atoms with Gasteiger partial charge in [0, 0.05) is 32.3 Å². The minimum absolute atomic E-state index is 0.167. The molecule has 3 aromatic rings. The predicted molar refractivity (Wildman–Crippen MR) is 127 cm³/mol. The van der Waals surface area contributed by atoms with Gasteiger partial charge in [0.1, 0.15) is 0 Å². The topological polar surface area (TPSA) is 46.2 Å². The summed E-state index contributed by atoms with van der Waals surface area (Å²) in [6.07, 6.45) is 4.80. The number of sulfone groups is 1. The smallest absolute Gasteiger partial charge is 0.159 e. The Hall–Kier alpha value is -1.87. The molecule has 1 aliphatic carbocycles. The van der Waals surface area contributed by atoms with Crippen LogP contribution < -0.4 is 5.32 Å². The number of fused-ring (bicyclic) bond motifs is 3. The number of benzene rings is 2. The minimum atomic E-state index is -3.18. The van der Waals surface area contributed by atoms with Crippen molar-refractivity contribution in [2.24, 2.45) is 0 Å². The first kappa shape index (κ1) is 20.1. The van der Waals surface area contributed by atoms with Crippen LogP contribution in [-0.4, -0.2) is 25.5 Å². The molecule has 30 heavy (non-hydrogen) atoms. The van der Waals surface area contributed by atoms with Gasteiger partial charge in [-0.1, -0.05) is 31.2 Å². The third-order valence-electron chi connectivity index (χ3n) is 7.08. The molecule has 1 aliphatic heterocycles. The van der Waals surface area contributed by atoms with Gasteiger partial charge in [-0.3, -0.25) is 0 Å². The van der Waals surface area contributed by atoms with Crippen molar-refractivity contribution in [2.75, 3.05) is 12.3 Å². The summed E-state index contributed by atoms with van der Waals surface area (Å²) in [5.41, 5.74) is 1.50. The van der Waals surface area contributed by atoms with Gasteiger partial charge in [0.25, 0.3) is 0 Å². The summed E-state index contributed by atoms with van der Waals surface area (Å²) >= 11 is 1.77. The quantitative estimate of drug-likeness (QED) is 0.521. The molecule has 0 bridgehead atoms. The fourth-order valence-electron chi connectivity index (χ4n) is 5.26. The van der Waals surface area contributed by atoms with E-state index in [0.29, 0.717) is 6.54 Å². The van der Waals surface area contributed by atoms with Crippen LogP contribution in [0.15, 0.2) is 36.4 Å². The minimum Gasteiger partial charge on any atom is -0.305 e. The third kappa shape index (κ3) is 3.09. The summed E-state index contributed by atoms with van der Waals surface area (Å²) in [7, 11) is -3.18. The summed E-state index contributed by atoms with van der Waals surface area (Å²) in [6.45, 7) is 4.46. The van der Waals surface area contributed by atoms with E-state index in [1.54, 1.807) is 11.3 Å². The van der Waals surface area contributed by atoms with E-state index >= 15 is 0 Å². The second-order valence-corrected chi connectivity index (χ2v) is 12.6. The molecule has 0 radical (unpaired) electrons. The zero-order chi connectivity index (χ0) is 21.0. The van der Waals surface area contributed by atoms with E-state index in [-0.39, 0.29) is 5.75 Å². The third-order valence-corrected chi connectivity index (χ3v) is 11.1. The van der Waals surface area contributed by atoms with Crippen molar-refractivity contribution in [3.05, 3.63) is 47.5 Å². The maximum Gasteiger partial charge on any atom is 0.159 e. The standard InChI is InChI=1S/C25H27NO2S2/c1-3-7-18-8-10-22-20(14-18)21-15-19(9-11-23(21)29-22)24(2)17-30(27,28)25(16-26-24)12-5-4-6-13-25/h8-11,14-15,26H,4-6,12-13,16-17H2,1-2H3. The first-order valence-electron chi connectivity index (χ1n) is 10.7. The van der Waals surface area contributed by atoms with Crippen LogP contribution in [0.2, 0.25) is 0 Å². The molecule has 0 amide bonds. The largest absolute Gasteiger partial charge is 0.305 e. The fraction of sp³-hybridized carbons (Fsp3) is 0.440. The lowest BCUT2D eigenvalue weighted by molar-refractivity contribution is 0.284. The summed E-state index contributed by atoms with van der Waals surface area (Å²) in [5.74, 6) is 6.29. The van der Waals surface area contributed by atoms with Crippen molar-refractivity contribution in [3.8, 4) is 11.8 Å². The molecule has 1 aromatic heterocycles. The molecule has 1 N–H and O–H groups in total. The zero-order valence-electron chi connectivity index (χ0n) is 17.5.